The standard InChI is InChI=1S/C23H27NSi/c1-16-11-10-12-17(2)22(16)20-15-21(19-13-8-7-9-14-19)24-18(3)23(20)25(4,5)6/h7-15H,1-6H3. The summed E-state index contributed by atoms with van der Waals surface area (Å²) in [6, 6.07) is 19.4. The van der Waals surface area contributed by atoms with E-state index in [1.54, 1.807) is 0 Å². The van der Waals surface area contributed by atoms with Gasteiger partial charge in [0.1, 0.15) is 0 Å². The first kappa shape index (κ1) is 17.6. The van der Waals surface area contributed by atoms with Crippen molar-refractivity contribution in [3.63, 3.8) is 0 Å². The highest BCUT2D eigenvalue weighted by Crippen LogP contribution is 2.31. The molecule has 0 spiro atoms. The van der Waals surface area contributed by atoms with Crippen LogP contribution < -0.4 is 5.19 Å². The molecule has 0 amide bonds. The molecule has 3 rings (SSSR count). The van der Waals surface area contributed by atoms with Crippen LogP contribution in [0.2, 0.25) is 19.6 Å². The lowest BCUT2D eigenvalue weighted by molar-refractivity contribution is 1.22. The molecular weight excluding hydrogens is 318 g/mol. The van der Waals surface area contributed by atoms with Crippen LogP contribution in [-0.2, 0) is 0 Å². The molecule has 0 aliphatic carbocycles. The van der Waals surface area contributed by atoms with Crippen molar-refractivity contribution in [3.05, 3.63) is 71.4 Å². The van der Waals surface area contributed by atoms with Crippen LogP contribution in [0.4, 0.5) is 0 Å². The zero-order valence-corrected chi connectivity index (χ0v) is 17.1. The van der Waals surface area contributed by atoms with Crippen molar-refractivity contribution in [1.29, 1.82) is 0 Å². The molecule has 0 fully saturated rings. The lowest BCUT2D eigenvalue weighted by Crippen LogP contribution is -2.41. The van der Waals surface area contributed by atoms with Gasteiger partial charge < -0.3 is 0 Å². The minimum atomic E-state index is -1.54. The summed E-state index contributed by atoms with van der Waals surface area (Å²) >= 11 is 0. The summed E-state index contributed by atoms with van der Waals surface area (Å²) in [5.41, 5.74) is 8.85. The highest BCUT2D eigenvalue weighted by atomic mass is 28.3. The number of aryl methyl sites for hydroxylation is 3. The molecule has 0 atom stereocenters. The van der Waals surface area contributed by atoms with Crippen LogP contribution in [0.5, 0.6) is 0 Å². The molecular formula is C23H27NSi. The number of hydrogen-bond acceptors (Lipinski definition) is 1. The van der Waals surface area contributed by atoms with Crippen LogP contribution in [0, 0.1) is 20.8 Å². The van der Waals surface area contributed by atoms with Crippen molar-refractivity contribution >= 4 is 13.3 Å². The quantitative estimate of drug-likeness (QED) is 0.540. The van der Waals surface area contributed by atoms with E-state index in [1.165, 1.54) is 38.7 Å². The van der Waals surface area contributed by atoms with Crippen LogP contribution in [-0.4, -0.2) is 13.1 Å². The zero-order valence-electron chi connectivity index (χ0n) is 16.1. The second-order valence-electron chi connectivity index (χ2n) is 7.90. The maximum absolute atomic E-state index is 4.99. The normalized spacial score (nSPS) is 11.6. The third kappa shape index (κ3) is 3.45. The molecule has 0 unspecified atom stereocenters. The number of aromatic nitrogens is 1. The van der Waals surface area contributed by atoms with E-state index in [9.17, 15) is 0 Å². The van der Waals surface area contributed by atoms with Crippen molar-refractivity contribution in [2.45, 2.75) is 40.4 Å². The van der Waals surface area contributed by atoms with Crippen molar-refractivity contribution in [2.24, 2.45) is 0 Å². The molecule has 0 bridgehead atoms. The molecule has 2 heteroatoms. The fourth-order valence-corrected chi connectivity index (χ4v) is 5.96. The van der Waals surface area contributed by atoms with E-state index in [4.69, 9.17) is 4.98 Å². The molecule has 0 aliphatic rings. The first-order chi connectivity index (χ1) is 11.8. The molecule has 2 aromatic carbocycles. The average molecular weight is 346 g/mol. The summed E-state index contributed by atoms with van der Waals surface area (Å²) in [4.78, 5) is 4.99. The lowest BCUT2D eigenvalue weighted by Gasteiger charge is -2.26. The first-order valence-corrected chi connectivity index (χ1v) is 12.4. The second-order valence-corrected chi connectivity index (χ2v) is 12.9. The number of nitrogens with zero attached hydrogens (tertiary/aromatic N) is 1. The summed E-state index contributed by atoms with van der Waals surface area (Å²) < 4.78 is 0. The Morgan fingerprint density at radius 2 is 1.36 bits per heavy atom. The van der Waals surface area contributed by atoms with Gasteiger partial charge in [0.2, 0.25) is 0 Å². The van der Waals surface area contributed by atoms with Crippen LogP contribution in [0.1, 0.15) is 16.8 Å². The van der Waals surface area contributed by atoms with Gasteiger partial charge in [0.15, 0.2) is 0 Å². The van der Waals surface area contributed by atoms with E-state index in [2.05, 4.69) is 95.0 Å². The Hall–Kier alpha value is -2.19. The monoisotopic (exact) mass is 345 g/mol. The highest BCUT2D eigenvalue weighted by molar-refractivity contribution is 6.90. The molecule has 0 N–H and O–H groups in total. The van der Waals surface area contributed by atoms with E-state index in [0.717, 1.165) is 5.69 Å². The van der Waals surface area contributed by atoms with Gasteiger partial charge >= 0.3 is 0 Å². The largest absolute Gasteiger partial charge is 0.253 e. The number of benzene rings is 2. The van der Waals surface area contributed by atoms with Crippen molar-refractivity contribution in [2.75, 3.05) is 0 Å². The predicted octanol–water partition coefficient (Wildman–Crippen LogP) is 5.89. The Morgan fingerprint density at radius 1 is 0.760 bits per heavy atom. The van der Waals surface area contributed by atoms with E-state index in [0.29, 0.717) is 0 Å². The van der Waals surface area contributed by atoms with Gasteiger partial charge in [-0.05, 0) is 54.3 Å². The van der Waals surface area contributed by atoms with Crippen LogP contribution in [0.25, 0.3) is 22.4 Å². The zero-order chi connectivity index (χ0) is 18.2. The Bertz CT molecular complexity index is 885. The van der Waals surface area contributed by atoms with Gasteiger partial charge in [-0.1, -0.05) is 68.2 Å². The molecule has 1 aromatic heterocycles. The Morgan fingerprint density at radius 3 is 1.92 bits per heavy atom. The predicted molar refractivity (Wildman–Crippen MR) is 112 cm³/mol. The molecule has 3 aromatic rings. The maximum Gasteiger partial charge on any atom is 0.0807 e. The molecule has 128 valence electrons. The van der Waals surface area contributed by atoms with Gasteiger partial charge in [-0.3, -0.25) is 4.98 Å². The molecule has 1 nitrogen and oxygen atoms in total. The smallest absolute Gasteiger partial charge is 0.0807 e. The van der Waals surface area contributed by atoms with Crippen LogP contribution in [0.15, 0.2) is 54.6 Å². The summed E-state index contributed by atoms with van der Waals surface area (Å²) in [6.07, 6.45) is 0. The van der Waals surface area contributed by atoms with E-state index < -0.39 is 8.07 Å². The van der Waals surface area contributed by atoms with Gasteiger partial charge in [0.25, 0.3) is 0 Å². The van der Waals surface area contributed by atoms with Crippen LogP contribution >= 0.6 is 0 Å². The molecule has 0 aliphatic heterocycles. The Kier molecular flexibility index (Phi) is 4.66. The van der Waals surface area contributed by atoms with E-state index >= 15 is 0 Å². The van der Waals surface area contributed by atoms with Crippen LogP contribution in [0.3, 0.4) is 0 Å². The minimum absolute atomic E-state index is 1.07. The van der Waals surface area contributed by atoms with Gasteiger partial charge in [0.05, 0.1) is 13.8 Å². The van der Waals surface area contributed by atoms with E-state index in [1.807, 2.05) is 0 Å². The number of rotatable bonds is 3. The Balaban J connectivity index is 2.37. The van der Waals surface area contributed by atoms with Crippen molar-refractivity contribution in [3.8, 4) is 22.4 Å². The Labute approximate surface area is 152 Å². The molecule has 0 radical (unpaired) electrons. The second kappa shape index (κ2) is 6.60. The first-order valence-electron chi connectivity index (χ1n) is 8.93. The minimum Gasteiger partial charge on any atom is -0.253 e. The third-order valence-electron chi connectivity index (χ3n) is 4.77. The van der Waals surface area contributed by atoms with Crippen molar-refractivity contribution in [1.82, 2.24) is 4.98 Å². The molecule has 25 heavy (non-hydrogen) atoms. The average Bonchev–Trinajstić information content (AvgIpc) is 2.54. The fourth-order valence-electron chi connectivity index (χ4n) is 3.81. The molecule has 0 saturated carbocycles. The summed E-state index contributed by atoms with van der Waals surface area (Å²) in [6.45, 7) is 13.8. The van der Waals surface area contributed by atoms with E-state index in [-0.39, 0.29) is 0 Å². The number of hydrogen-bond donors (Lipinski definition) is 0. The lowest BCUT2D eigenvalue weighted by atomic mass is 9.94. The topological polar surface area (TPSA) is 12.9 Å². The van der Waals surface area contributed by atoms with Gasteiger partial charge in [-0.25, -0.2) is 0 Å². The summed E-state index contributed by atoms with van der Waals surface area (Å²) in [5, 5.41) is 1.48. The SMILES string of the molecule is Cc1cccc(C)c1-c1cc(-c2ccccc2)nc(C)c1[Si](C)(C)C. The van der Waals surface area contributed by atoms with Gasteiger partial charge in [0, 0.05) is 11.3 Å². The highest BCUT2D eigenvalue weighted by Gasteiger charge is 2.26. The summed E-state index contributed by atoms with van der Waals surface area (Å²) in [7, 11) is -1.54. The third-order valence-corrected chi connectivity index (χ3v) is 6.90. The van der Waals surface area contributed by atoms with Crippen molar-refractivity contribution < 1.29 is 0 Å². The molecule has 0 saturated heterocycles. The van der Waals surface area contributed by atoms with Gasteiger partial charge in [-0.15, -0.1) is 0 Å². The van der Waals surface area contributed by atoms with Gasteiger partial charge in [-0.2, -0.15) is 0 Å². The maximum atomic E-state index is 4.99. The summed E-state index contributed by atoms with van der Waals surface area (Å²) in [5.74, 6) is 0. The fraction of sp³-hybridized carbons (Fsp3) is 0.261. The molecule has 1 heterocycles. The number of pyridine rings is 1.